The third-order valence-corrected chi connectivity index (χ3v) is 4.36. The summed E-state index contributed by atoms with van der Waals surface area (Å²) in [7, 11) is 0. The molecule has 1 aromatic rings. The van der Waals surface area contributed by atoms with Crippen LogP contribution in [0.2, 0.25) is 0 Å². The van der Waals surface area contributed by atoms with Gasteiger partial charge in [0, 0.05) is 24.0 Å². The van der Waals surface area contributed by atoms with Gasteiger partial charge >= 0.3 is 11.8 Å². The first-order valence-electron chi connectivity index (χ1n) is 6.59. The van der Waals surface area contributed by atoms with Gasteiger partial charge in [0.15, 0.2) is 5.78 Å². The van der Waals surface area contributed by atoms with E-state index in [-0.39, 0.29) is 18.4 Å². The normalized spacial score (nSPS) is 16.2. The van der Waals surface area contributed by atoms with E-state index < -0.39 is 11.8 Å². The van der Waals surface area contributed by atoms with E-state index >= 15 is 0 Å². The zero-order chi connectivity index (χ0) is 14.9. The number of carbonyl (C=O) groups is 3. The van der Waals surface area contributed by atoms with Crippen LogP contribution in [0.4, 0.5) is 0 Å². The molecule has 0 spiro atoms. The van der Waals surface area contributed by atoms with E-state index in [1.165, 1.54) is 16.2 Å². The number of amides is 2. The Balaban J connectivity index is 2.03. The molecule has 2 rings (SSSR count). The molecular weight excluding hydrogens is 276 g/mol. The number of piperazine rings is 1. The minimum absolute atomic E-state index is 0.00393. The van der Waals surface area contributed by atoms with Gasteiger partial charge < -0.3 is 9.80 Å². The second-order valence-corrected chi connectivity index (χ2v) is 6.44. The predicted molar refractivity (Wildman–Crippen MR) is 76.8 cm³/mol. The zero-order valence-electron chi connectivity index (χ0n) is 11.9. The number of rotatable bonds is 4. The Morgan fingerprint density at radius 2 is 1.95 bits per heavy atom. The smallest absolute Gasteiger partial charge is 0.312 e. The summed E-state index contributed by atoms with van der Waals surface area (Å²) in [6, 6.07) is 3.64. The van der Waals surface area contributed by atoms with Crippen molar-refractivity contribution in [2.24, 2.45) is 0 Å². The predicted octanol–water partition coefficient (Wildman–Crippen LogP) is 1.32. The number of thiophene rings is 1. The average Bonchev–Trinajstić information content (AvgIpc) is 2.81. The molecule has 0 aromatic carbocycles. The van der Waals surface area contributed by atoms with Gasteiger partial charge in [0.25, 0.3) is 0 Å². The molecular formula is C14H18N2O3S. The van der Waals surface area contributed by atoms with Crippen LogP contribution in [0.25, 0.3) is 0 Å². The van der Waals surface area contributed by atoms with Crippen molar-refractivity contribution in [2.75, 3.05) is 19.6 Å². The van der Waals surface area contributed by atoms with Crippen molar-refractivity contribution in [1.82, 2.24) is 9.80 Å². The molecule has 0 radical (unpaired) electrons. The third-order valence-electron chi connectivity index (χ3n) is 3.31. The van der Waals surface area contributed by atoms with Crippen molar-refractivity contribution in [3.8, 4) is 0 Å². The number of Topliss-reactive ketones (excluding diaryl/α,β-unsaturated/α-hetero) is 1. The Hall–Kier alpha value is -1.69. The van der Waals surface area contributed by atoms with Gasteiger partial charge in [-0.1, -0.05) is 0 Å². The van der Waals surface area contributed by atoms with Gasteiger partial charge in [-0.3, -0.25) is 14.4 Å². The van der Waals surface area contributed by atoms with Crippen molar-refractivity contribution in [2.45, 2.75) is 26.8 Å². The fraction of sp³-hybridized carbons (Fsp3) is 0.500. The third kappa shape index (κ3) is 2.90. The van der Waals surface area contributed by atoms with Gasteiger partial charge in [0.1, 0.15) is 0 Å². The molecule has 6 heteroatoms. The monoisotopic (exact) mass is 294 g/mol. The van der Waals surface area contributed by atoms with Crippen molar-refractivity contribution < 1.29 is 14.4 Å². The second-order valence-electron chi connectivity index (χ2n) is 5.15. The standard InChI is InChI=1S/C14H18N2O3S/c1-9(2)16-7-6-15(13(18)14(16)19)8-11(17)12-5-4-10(3)20-12/h4-5,9H,6-8H2,1-3H3. The first-order valence-corrected chi connectivity index (χ1v) is 7.41. The number of nitrogens with zero attached hydrogens (tertiary/aromatic N) is 2. The van der Waals surface area contributed by atoms with Gasteiger partial charge in [-0.2, -0.15) is 0 Å². The summed E-state index contributed by atoms with van der Waals surface area (Å²) in [5.74, 6) is -1.20. The molecule has 5 nitrogen and oxygen atoms in total. The molecule has 0 aliphatic carbocycles. The first kappa shape index (κ1) is 14.7. The average molecular weight is 294 g/mol. The van der Waals surface area contributed by atoms with Crippen molar-refractivity contribution in [3.63, 3.8) is 0 Å². The summed E-state index contributed by atoms with van der Waals surface area (Å²) in [5.41, 5.74) is 0. The van der Waals surface area contributed by atoms with Crippen LogP contribution in [0.5, 0.6) is 0 Å². The van der Waals surface area contributed by atoms with Gasteiger partial charge in [-0.25, -0.2) is 0 Å². The largest absolute Gasteiger partial charge is 0.330 e. The molecule has 0 bridgehead atoms. The number of hydrogen-bond donors (Lipinski definition) is 0. The Morgan fingerprint density at radius 1 is 1.25 bits per heavy atom. The minimum atomic E-state index is -0.577. The van der Waals surface area contributed by atoms with E-state index in [0.717, 1.165) is 4.88 Å². The minimum Gasteiger partial charge on any atom is -0.330 e. The van der Waals surface area contributed by atoms with E-state index in [4.69, 9.17) is 0 Å². The maximum Gasteiger partial charge on any atom is 0.312 e. The summed E-state index contributed by atoms with van der Waals surface area (Å²) in [5, 5.41) is 0. The quantitative estimate of drug-likeness (QED) is 0.621. The zero-order valence-corrected chi connectivity index (χ0v) is 12.7. The van der Waals surface area contributed by atoms with Crippen LogP contribution >= 0.6 is 11.3 Å². The molecule has 0 atom stereocenters. The fourth-order valence-electron chi connectivity index (χ4n) is 2.17. The Morgan fingerprint density at radius 3 is 2.50 bits per heavy atom. The molecule has 1 saturated heterocycles. The molecule has 2 heterocycles. The van der Waals surface area contributed by atoms with Crippen molar-refractivity contribution in [3.05, 3.63) is 21.9 Å². The lowest BCUT2D eigenvalue weighted by molar-refractivity contribution is -0.156. The maximum absolute atomic E-state index is 12.1. The summed E-state index contributed by atoms with van der Waals surface area (Å²) < 4.78 is 0. The molecule has 1 aliphatic rings. The van der Waals surface area contributed by atoms with Crippen molar-refractivity contribution >= 4 is 28.9 Å². The molecule has 2 amide bonds. The molecule has 1 aromatic heterocycles. The molecule has 20 heavy (non-hydrogen) atoms. The highest BCUT2D eigenvalue weighted by Crippen LogP contribution is 2.17. The molecule has 0 saturated carbocycles. The lowest BCUT2D eigenvalue weighted by Crippen LogP contribution is -2.57. The molecule has 0 N–H and O–H groups in total. The molecule has 0 unspecified atom stereocenters. The van der Waals surface area contributed by atoms with Crippen LogP contribution in [0, 0.1) is 6.92 Å². The highest BCUT2D eigenvalue weighted by Gasteiger charge is 2.34. The first-order chi connectivity index (χ1) is 9.40. The van der Waals surface area contributed by atoms with Gasteiger partial charge in [0.2, 0.25) is 0 Å². The molecule has 108 valence electrons. The Bertz CT molecular complexity index is 550. The molecule has 1 fully saturated rings. The summed E-state index contributed by atoms with van der Waals surface area (Å²) >= 11 is 1.41. The molecule has 1 aliphatic heterocycles. The number of hydrogen-bond acceptors (Lipinski definition) is 4. The highest BCUT2D eigenvalue weighted by molar-refractivity contribution is 7.14. The number of carbonyl (C=O) groups excluding carboxylic acids is 3. The van der Waals surface area contributed by atoms with Crippen LogP contribution < -0.4 is 0 Å². The highest BCUT2D eigenvalue weighted by atomic mass is 32.1. The van der Waals surface area contributed by atoms with Crippen LogP contribution in [0.1, 0.15) is 28.4 Å². The van der Waals surface area contributed by atoms with Gasteiger partial charge in [0.05, 0.1) is 11.4 Å². The number of ketones is 1. The van der Waals surface area contributed by atoms with E-state index in [1.54, 1.807) is 11.0 Å². The summed E-state index contributed by atoms with van der Waals surface area (Å²) in [4.78, 5) is 40.6. The van der Waals surface area contributed by atoms with Crippen LogP contribution in [0.15, 0.2) is 12.1 Å². The number of aryl methyl sites for hydroxylation is 1. The van der Waals surface area contributed by atoms with E-state index in [1.807, 2.05) is 26.8 Å². The van der Waals surface area contributed by atoms with Crippen LogP contribution in [-0.4, -0.2) is 53.1 Å². The SMILES string of the molecule is Cc1ccc(C(=O)CN2CCN(C(C)C)C(=O)C2=O)s1. The maximum atomic E-state index is 12.1. The summed E-state index contributed by atoms with van der Waals surface area (Å²) in [6.45, 7) is 6.56. The van der Waals surface area contributed by atoms with Gasteiger partial charge in [-0.05, 0) is 32.9 Å². The van der Waals surface area contributed by atoms with Crippen LogP contribution in [-0.2, 0) is 9.59 Å². The van der Waals surface area contributed by atoms with Crippen LogP contribution in [0.3, 0.4) is 0 Å². The van der Waals surface area contributed by atoms with E-state index in [0.29, 0.717) is 18.0 Å². The fourth-order valence-corrected chi connectivity index (χ4v) is 2.97. The lowest BCUT2D eigenvalue weighted by atomic mass is 10.2. The Labute approximate surface area is 122 Å². The Kier molecular flexibility index (Phi) is 4.23. The van der Waals surface area contributed by atoms with Gasteiger partial charge in [-0.15, -0.1) is 11.3 Å². The van der Waals surface area contributed by atoms with E-state index in [2.05, 4.69) is 0 Å². The summed E-state index contributed by atoms with van der Waals surface area (Å²) in [6.07, 6.45) is 0. The van der Waals surface area contributed by atoms with E-state index in [9.17, 15) is 14.4 Å². The van der Waals surface area contributed by atoms with Crippen molar-refractivity contribution in [1.29, 1.82) is 0 Å². The second kappa shape index (κ2) is 5.75. The lowest BCUT2D eigenvalue weighted by Gasteiger charge is -2.35. The topological polar surface area (TPSA) is 57.7 Å².